The average Bonchev–Trinajstić information content (AvgIpc) is 2.58. The van der Waals surface area contributed by atoms with Gasteiger partial charge in [0.15, 0.2) is 0 Å². The molecule has 3 rings (SSSR count). The first-order valence-electron chi connectivity index (χ1n) is 9.07. The zero-order valence-electron chi connectivity index (χ0n) is 14.2. The molecule has 0 saturated carbocycles. The van der Waals surface area contributed by atoms with Gasteiger partial charge in [-0.1, -0.05) is 24.6 Å². The normalized spacial score (nSPS) is 26.0. The second-order valence-electron chi connectivity index (χ2n) is 7.09. The van der Waals surface area contributed by atoms with Gasteiger partial charge in [-0.15, -0.1) is 0 Å². The second kappa shape index (κ2) is 7.82. The van der Waals surface area contributed by atoms with Crippen molar-refractivity contribution in [1.29, 1.82) is 0 Å². The molecule has 0 spiro atoms. The van der Waals surface area contributed by atoms with E-state index in [2.05, 4.69) is 17.1 Å². The van der Waals surface area contributed by atoms with Gasteiger partial charge in [0.2, 0.25) is 0 Å². The van der Waals surface area contributed by atoms with Crippen molar-refractivity contribution in [1.82, 2.24) is 9.80 Å². The fourth-order valence-electron chi connectivity index (χ4n) is 3.88. The Labute approximate surface area is 139 Å². The highest BCUT2D eigenvalue weighted by Gasteiger charge is 2.27. The van der Waals surface area contributed by atoms with E-state index in [1.165, 1.54) is 32.2 Å². The van der Waals surface area contributed by atoms with Gasteiger partial charge < -0.3 is 15.1 Å². The summed E-state index contributed by atoms with van der Waals surface area (Å²) in [5, 5.41) is 3.02. The minimum atomic E-state index is 0.0487. The maximum atomic E-state index is 12.5. The Morgan fingerprint density at radius 3 is 2.74 bits per heavy atom. The predicted molar refractivity (Wildman–Crippen MR) is 94.6 cm³/mol. The van der Waals surface area contributed by atoms with E-state index in [9.17, 15) is 4.79 Å². The van der Waals surface area contributed by atoms with Crippen LogP contribution < -0.4 is 5.32 Å². The van der Waals surface area contributed by atoms with Crippen LogP contribution in [0.2, 0.25) is 0 Å². The lowest BCUT2D eigenvalue weighted by molar-refractivity contribution is 0.104. The number of hydrogen-bond donors (Lipinski definition) is 1. The minimum Gasteiger partial charge on any atom is -0.324 e. The van der Waals surface area contributed by atoms with Crippen molar-refractivity contribution in [3.8, 4) is 0 Å². The molecular weight excluding hydrogens is 286 g/mol. The first kappa shape index (κ1) is 16.3. The van der Waals surface area contributed by atoms with E-state index < -0.39 is 0 Å². The van der Waals surface area contributed by atoms with E-state index in [0.29, 0.717) is 12.0 Å². The summed E-state index contributed by atoms with van der Waals surface area (Å²) in [6.45, 7) is 6.50. The molecule has 2 aliphatic rings. The molecule has 2 atom stereocenters. The van der Waals surface area contributed by atoms with Gasteiger partial charge in [0.25, 0.3) is 0 Å². The first-order chi connectivity index (χ1) is 11.2. The number of nitrogens with zero attached hydrogens (tertiary/aromatic N) is 2. The third-order valence-electron chi connectivity index (χ3n) is 5.26. The minimum absolute atomic E-state index is 0.0487. The van der Waals surface area contributed by atoms with E-state index in [-0.39, 0.29) is 6.03 Å². The molecule has 2 aliphatic heterocycles. The van der Waals surface area contributed by atoms with Gasteiger partial charge in [-0.3, -0.25) is 0 Å². The summed E-state index contributed by atoms with van der Waals surface area (Å²) in [5.41, 5.74) is 0.879. The summed E-state index contributed by atoms with van der Waals surface area (Å²) in [6, 6.07) is 10.5. The van der Waals surface area contributed by atoms with Crippen LogP contribution in [-0.2, 0) is 0 Å². The van der Waals surface area contributed by atoms with Gasteiger partial charge in [0.05, 0.1) is 0 Å². The summed E-state index contributed by atoms with van der Waals surface area (Å²) in [6.07, 6.45) is 6.39. The summed E-state index contributed by atoms with van der Waals surface area (Å²) in [5.74, 6) is 0.617. The molecule has 2 saturated heterocycles. The van der Waals surface area contributed by atoms with Crippen molar-refractivity contribution in [2.45, 2.75) is 45.1 Å². The number of carbonyl (C=O) groups is 1. The largest absolute Gasteiger partial charge is 0.324 e. The quantitative estimate of drug-likeness (QED) is 0.921. The maximum absolute atomic E-state index is 12.5. The van der Waals surface area contributed by atoms with Gasteiger partial charge in [-0.2, -0.15) is 0 Å². The predicted octanol–water partition coefficient (Wildman–Crippen LogP) is 3.80. The van der Waals surface area contributed by atoms with E-state index in [0.717, 1.165) is 31.7 Å². The number of nitrogens with one attached hydrogen (secondary N) is 1. The van der Waals surface area contributed by atoms with E-state index in [1.807, 2.05) is 35.2 Å². The SMILES string of the molecule is C[C@H]1CCCCN1C[C@H]1CCCN(C(=O)Nc2ccccc2)C1. The molecule has 126 valence electrons. The highest BCUT2D eigenvalue weighted by atomic mass is 16.2. The standard InChI is InChI=1S/C19H29N3O/c1-16-8-5-6-12-21(16)14-17-9-7-13-22(15-17)19(23)20-18-10-3-2-4-11-18/h2-4,10-11,16-17H,5-9,12-15H2,1H3,(H,20,23)/t16-,17+/m0/s1. The van der Waals surface area contributed by atoms with E-state index in [4.69, 9.17) is 0 Å². The molecule has 1 aromatic rings. The van der Waals surface area contributed by atoms with E-state index >= 15 is 0 Å². The number of amides is 2. The van der Waals surface area contributed by atoms with Crippen molar-refractivity contribution in [3.63, 3.8) is 0 Å². The summed E-state index contributed by atoms with van der Waals surface area (Å²) in [4.78, 5) is 17.1. The summed E-state index contributed by atoms with van der Waals surface area (Å²) in [7, 11) is 0. The zero-order chi connectivity index (χ0) is 16.1. The molecule has 2 fully saturated rings. The number of anilines is 1. The molecule has 2 heterocycles. The number of piperidine rings is 2. The highest BCUT2D eigenvalue weighted by molar-refractivity contribution is 5.89. The van der Waals surface area contributed by atoms with Crippen molar-refractivity contribution >= 4 is 11.7 Å². The van der Waals surface area contributed by atoms with E-state index in [1.54, 1.807) is 0 Å². The average molecular weight is 315 g/mol. The third-order valence-corrected chi connectivity index (χ3v) is 5.26. The molecule has 1 N–H and O–H groups in total. The number of hydrogen-bond acceptors (Lipinski definition) is 2. The number of benzene rings is 1. The highest BCUT2D eigenvalue weighted by Crippen LogP contribution is 2.23. The Hall–Kier alpha value is -1.55. The number of para-hydroxylation sites is 1. The molecule has 0 unspecified atom stereocenters. The number of carbonyl (C=O) groups excluding carboxylic acids is 1. The first-order valence-corrected chi connectivity index (χ1v) is 9.07. The lowest BCUT2D eigenvalue weighted by atomic mass is 9.95. The fourth-order valence-corrected chi connectivity index (χ4v) is 3.88. The summed E-state index contributed by atoms with van der Waals surface area (Å²) >= 11 is 0. The molecule has 23 heavy (non-hydrogen) atoms. The van der Waals surface area contributed by atoms with Crippen LogP contribution in [-0.4, -0.2) is 48.1 Å². The molecule has 0 aromatic heterocycles. The van der Waals surface area contributed by atoms with Crippen molar-refractivity contribution < 1.29 is 4.79 Å². The molecule has 0 radical (unpaired) electrons. The topological polar surface area (TPSA) is 35.6 Å². The monoisotopic (exact) mass is 315 g/mol. The van der Waals surface area contributed by atoms with Crippen LogP contribution in [0.4, 0.5) is 10.5 Å². The Balaban J connectivity index is 1.52. The van der Waals surface area contributed by atoms with Crippen molar-refractivity contribution in [2.24, 2.45) is 5.92 Å². The third kappa shape index (κ3) is 4.47. The van der Waals surface area contributed by atoms with Crippen molar-refractivity contribution in [3.05, 3.63) is 30.3 Å². The zero-order valence-corrected chi connectivity index (χ0v) is 14.2. The Kier molecular flexibility index (Phi) is 5.55. The lowest BCUT2D eigenvalue weighted by Crippen LogP contribution is -2.47. The van der Waals surface area contributed by atoms with Crippen LogP contribution in [0.3, 0.4) is 0 Å². The number of rotatable bonds is 3. The summed E-state index contributed by atoms with van der Waals surface area (Å²) < 4.78 is 0. The lowest BCUT2D eigenvalue weighted by Gasteiger charge is -2.39. The smallest absolute Gasteiger partial charge is 0.321 e. The van der Waals surface area contributed by atoms with Crippen LogP contribution in [0.15, 0.2) is 30.3 Å². The van der Waals surface area contributed by atoms with Gasteiger partial charge in [0.1, 0.15) is 0 Å². The molecule has 4 heteroatoms. The maximum Gasteiger partial charge on any atom is 0.321 e. The van der Waals surface area contributed by atoms with Crippen LogP contribution >= 0.6 is 0 Å². The fraction of sp³-hybridized carbons (Fsp3) is 0.632. The number of urea groups is 1. The second-order valence-corrected chi connectivity index (χ2v) is 7.09. The molecule has 0 bridgehead atoms. The van der Waals surface area contributed by atoms with Crippen molar-refractivity contribution in [2.75, 3.05) is 31.5 Å². The van der Waals surface area contributed by atoms with Crippen LogP contribution in [0.1, 0.15) is 39.0 Å². The van der Waals surface area contributed by atoms with Gasteiger partial charge in [0, 0.05) is 31.4 Å². The van der Waals surface area contributed by atoms with Crippen LogP contribution in [0, 0.1) is 5.92 Å². The van der Waals surface area contributed by atoms with Gasteiger partial charge in [-0.25, -0.2) is 4.79 Å². The molecule has 2 amide bonds. The van der Waals surface area contributed by atoms with Gasteiger partial charge >= 0.3 is 6.03 Å². The molecular formula is C19H29N3O. The molecule has 4 nitrogen and oxygen atoms in total. The Morgan fingerprint density at radius 1 is 1.13 bits per heavy atom. The van der Waals surface area contributed by atoms with Gasteiger partial charge in [-0.05, 0) is 57.2 Å². The molecule has 1 aromatic carbocycles. The van der Waals surface area contributed by atoms with Crippen LogP contribution in [0.25, 0.3) is 0 Å². The number of likely N-dealkylation sites (tertiary alicyclic amines) is 2. The Morgan fingerprint density at radius 2 is 1.96 bits per heavy atom. The van der Waals surface area contributed by atoms with Crippen LogP contribution in [0.5, 0.6) is 0 Å². The molecule has 0 aliphatic carbocycles. The Bertz CT molecular complexity index is 505.